The van der Waals surface area contributed by atoms with Crippen LogP contribution in [-0.4, -0.2) is 20.5 Å². The maximum atomic E-state index is 11.3. The Morgan fingerprint density at radius 1 is 1.40 bits per heavy atom. The fourth-order valence-electron chi connectivity index (χ4n) is 1.87. The standard InChI is InChI=1S/C13H12BrN3O3/c1-8(18)7-12-9(2)15-16(13(12)14)10-3-5-11(6-4-10)17(19)20/h3-6H,7H2,1-2H3. The number of nitrogens with zero attached hydrogens (tertiary/aromatic N) is 3. The smallest absolute Gasteiger partial charge is 0.269 e. The van der Waals surface area contributed by atoms with Gasteiger partial charge < -0.3 is 0 Å². The van der Waals surface area contributed by atoms with Gasteiger partial charge >= 0.3 is 0 Å². The van der Waals surface area contributed by atoms with Gasteiger partial charge in [-0.3, -0.25) is 14.9 Å². The number of carbonyl (C=O) groups excluding carboxylic acids is 1. The van der Waals surface area contributed by atoms with Gasteiger partial charge in [0.2, 0.25) is 0 Å². The van der Waals surface area contributed by atoms with Crippen molar-refractivity contribution in [3.05, 3.63) is 50.2 Å². The highest BCUT2D eigenvalue weighted by atomic mass is 79.9. The lowest BCUT2D eigenvalue weighted by atomic mass is 10.1. The van der Waals surface area contributed by atoms with Gasteiger partial charge in [-0.1, -0.05) is 0 Å². The van der Waals surface area contributed by atoms with E-state index in [0.29, 0.717) is 16.7 Å². The van der Waals surface area contributed by atoms with E-state index in [1.165, 1.54) is 19.1 Å². The number of ketones is 1. The zero-order chi connectivity index (χ0) is 14.9. The molecule has 0 saturated carbocycles. The lowest BCUT2D eigenvalue weighted by Gasteiger charge is -2.03. The average Bonchev–Trinajstić information content (AvgIpc) is 2.66. The van der Waals surface area contributed by atoms with E-state index in [0.717, 1.165) is 11.3 Å². The molecule has 0 aliphatic heterocycles. The van der Waals surface area contributed by atoms with Gasteiger partial charge in [0, 0.05) is 24.1 Å². The number of non-ortho nitro benzene ring substituents is 1. The predicted octanol–water partition coefficient (Wildman–Crippen LogP) is 2.98. The molecule has 0 radical (unpaired) electrons. The molecule has 104 valence electrons. The van der Waals surface area contributed by atoms with Crippen molar-refractivity contribution in [1.29, 1.82) is 0 Å². The second-order valence-electron chi connectivity index (χ2n) is 4.42. The molecule has 0 spiro atoms. The zero-order valence-corrected chi connectivity index (χ0v) is 12.5. The number of hydrogen-bond donors (Lipinski definition) is 0. The molecule has 0 amide bonds. The largest absolute Gasteiger partial charge is 0.300 e. The van der Waals surface area contributed by atoms with Gasteiger partial charge in [0.1, 0.15) is 10.4 Å². The van der Waals surface area contributed by atoms with Crippen LogP contribution in [0.25, 0.3) is 5.69 Å². The Balaban J connectivity index is 2.43. The first kappa shape index (κ1) is 14.4. The lowest BCUT2D eigenvalue weighted by Crippen LogP contribution is -1.99. The van der Waals surface area contributed by atoms with Crippen LogP contribution in [-0.2, 0) is 11.2 Å². The predicted molar refractivity (Wildman–Crippen MR) is 77.0 cm³/mol. The third-order valence-corrected chi connectivity index (χ3v) is 3.67. The molecule has 0 bridgehead atoms. The molecule has 0 aliphatic rings. The Morgan fingerprint density at radius 2 is 2.00 bits per heavy atom. The fraction of sp³-hybridized carbons (Fsp3) is 0.231. The molecule has 1 aromatic heterocycles. The summed E-state index contributed by atoms with van der Waals surface area (Å²) in [6.45, 7) is 3.35. The molecule has 1 aromatic carbocycles. The summed E-state index contributed by atoms with van der Waals surface area (Å²) in [6, 6.07) is 6.08. The summed E-state index contributed by atoms with van der Waals surface area (Å²) < 4.78 is 2.32. The van der Waals surface area contributed by atoms with Gasteiger partial charge in [-0.25, -0.2) is 4.68 Å². The molecular formula is C13H12BrN3O3. The summed E-state index contributed by atoms with van der Waals surface area (Å²) in [5, 5.41) is 15.0. The monoisotopic (exact) mass is 337 g/mol. The summed E-state index contributed by atoms with van der Waals surface area (Å²) in [5.41, 5.74) is 2.30. The van der Waals surface area contributed by atoms with E-state index >= 15 is 0 Å². The van der Waals surface area contributed by atoms with Crippen molar-refractivity contribution in [3.63, 3.8) is 0 Å². The first-order valence-corrected chi connectivity index (χ1v) is 6.67. The Hall–Kier alpha value is -2.02. The van der Waals surface area contributed by atoms with E-state index in [9.17, 15) is 14.9 Å². The van der Waals surface area contributed by atoms with Crippen LogP contribution < -0.4 is 0 Å². The second-order valence-corrected chi connectivity index (χ2v) is 5.17. The number of benzene rings is 1. The zero-order valence-electron chi connectivity index (χ0n) is 11.0. The summed E-state index contributed by atoms with van der Waals surface area (Å²) >= 11 is 3.43. The van der Waals surface area contributed by atoms with Crippen LogP contribution in [0.1, 0.15) is 18.2 Å². The molecule has 20 heavy (non-hydrogen) atoms. The summed E-state index contributed by atoms with van der Waals surface area (Å²) in [6.07, 6.45) is 0.305. The van der Waals surface area contributed by atoms with Crippen LogP contribution in [0.4, 0.5) is 5.69 Å². The number of halogens is 1. The molecular weight excluding hydrogens is 326 g/mol. The molecule has 7 heteroatoms. The van der Waals surface area contributed by atoms with Crippen LogP contribution in [0.2, 0.25) is 0 Å². The van der Waals surface area contributed by atoms with Crippen molar-refractivity contribution in [1.82, 2.24) is 9.78 Å². The Bertz CT molecular complexity index is 677. The van der Waals surface area contributed by atoms with Crippen LogP contribution in [0.3, 0.4) is 0 Å². The maximum absolute atomic E-state index is 11.3. The minimum absolute atomic E-state index is 0.0257. The Kier molecular flexibility index (Phi) is 3.99. The van der Waals surface area contributed by atoms with Gasteiger partial charge in [-0.15, -0.1) is 0 Å². The fourth-order valence-corrected chi connectivity index (χ4v) is 2.58. The third-order valence-electron chi connectivity index (χ3n) is 2.85. The van der Waals surface area contributed by atoms with Crippen molar-refractivity contribution in [3.8, 4) is 5.69 Å². The number of nitro benzene ring substituents is 1. The first-order valence-electron chi connectivity index (χ1n) is 5.88. The Morgan fingerprint density at radius 3 is 2.50 bits per heavy atom. The van der Waals surface area contributed by atoms with Crippen molar-refractivity contribution in [2.75, 3.05) is 0 Å². The van der Waals surface area contributed by atoms with Crippen LogP contribution in [0.15, 0.2) is 28.9 Å². The highest BCUT2D eigenvalue weighted by Crippen LogP contribution is 2.25. The summed E-state index contributed by atoms with van der Waals surface area (Å²) in [5.74, 6) is 0.0528. The van der Waals surface area contributed by atoms with E-state index < -0.39 is 4.92 Å². The quantitative estimate of drug-likeness (QED) is 0.634. The van der Waals surface area contributed by atoms with Crippen LogP contribution in [0.5, 0.6) is 0 Å². The molecule has 0 saturated heterocycles. The van der Waals surface area contributed by atoms with Crippen molar-refractivity contribution in [2.45, 2.75) is 20.3 Å². The van der Waals surface area contributed by atoms with E-state index in [1.807, 2.05) is 6.92 Å². The molecule has 2 aromatic rings. The lowest BCUT2D eigenvalue weighted by molar-refractivity contribution is -0.384. The number of aromatic nitrogens is 2. The molecule has 1 heterocycles. The van der Waals surface area contributed by atoms with Crippen molar-refractivity contribution >= 4 is 27.4 Å². The normalized spacial score (nSPS) is 10.6. The minimum atomic E-state index is -0.450. The number of rotatable bonds is 4. The molecule has 6 nitrogen and oxygen atoms in total. The minimum Gasteiger partial charge on any atom is -0.300 e. The SMILES string of the molecule is CC(=O)Cc1c(C)nn(-c2ccc([N+](=O)[O-])cc2)c1Br. The Labute approximate surface area is 123 Å². The molecule has 0 aliphatic carbocycles. The van der Waals surface area contributed by atoms with E-state index in [4.69, 9.17) is 0 Å². The van der Waals surface area contributed by atoms with Gasteiger partial charge in [0.25, 0.3) is 5.69 Å². The van der Waals surface area contributed by atoms with Gasteiger partial charge in [0.15, 0.2) is 0 Å². The van der Waals surface area contributed by atoms with Crippen molar-refractivity contribution in [2.24, 2.45) is 0 Å². The summed E-state index contributed by atoms with van der Waals surface area (Å²) in [4.78, 5) is 21.4. The summed E-state index contributed by atoms with van der Waals surface area (Å²) in [7, 11) is 0. The molecule has 0 fully saturated rings. The number of Topliss-reactive ketones (excluding diaryl/α,β-unsaturated/α-hetero) is 1. The van der Waals surface area contributed by atoms with Crippen LogP contribution in [0, 0.1) is 17.0 Å². The van der Waals surface area contributed by atoms with E-state index in [1.54, 1.807) is 16.8 Å². The number of aryl methyl sites for hydroxylation is 1. The topological polar surface area (TPSA) is 78.0 Å². The molecule has 0 atom stereocenters. The average molecular weight is 338 g/mol. The highest BCUT2D eigenvalue weighted by molar-refractivity contribution is 9.10. The van der Waals surface area contributed by atoms with Crippen LogP contribution >= 0.6 is 15.9 Å². The third kappa shape index (κ3) is 2.77. The second kappa shape index (κ2) is 5.54. The van der Waals surface area contributed by atoms with E-state index in [2.05, 4.69) is 21.0 Å². The highest BCUT2D eigenvalue weighted by Gasteiger charge is 2.16. The number of nitro groups is 1. The van der Waals surface area contributed by atoms with Gasteiger partial charge in [-0.05, 0) is 41.9 Å². The first-order chi connectivity index (χ1) is 9.40. The van der Waals surface area contributed by atoms with E-state index in [-0.39, 0.29) is 11.5 Å². The molecule has 0 unspecified atom stereocenters. The number of hydrogen-bond acceptors (Lipinski definition) is 4. The maximum Gasteiger partial charge on any atom is 0.269 e. The van der Waals surface area contributed by atoms with Gasteiger partial charge in [-0.2, -0.15) is 5.10 Å². The van der Waals surface area contributed by atoms with Gasteiger partial charge in [0.05, 0.1) is 16.3 Å². The number of carbonyl (C=O) groups is 1. The van der Waals surface area contributed by atoms with Crippen molar-refractivity contribution < 1.29 is 9.72 Å². The molecule has 0 N–H and O–H groups in total. The molecule has 2 rings (SSSR count).